The molecule has 2 aromatic rings. The second kappa shape index (κ2) is 6.86. The predicted octanol–water partition coefficient (Wildman–Crippen LogP) is 2.93. The van der Waals surface area contributed by atoms with Crippen LogP contribution in [-0.2, 0) is 4.79 Å². The van der Waals surface area contributed by atoms with Crippen molar-refractivity contribution in [2.45, 2.75) is 13.8 Å². The number of aryl methyl sites for hydroxylation is 2. The number of benzene rings is 1. The van der Waals surface area contributed by atoms with Gasteiger partial charge in [-0.15, -0.1) is 11.3 Å². The van der Waals surface area contributed by atoms with Gasteiger partial charge in [0.05, 0.1) is 12.8 Å². The molecule has 1 amide bonds. The van der Waals surface area contributed by atoms with E-state index >= 15 is 0 Å². The Bertz CT molecular complexity index is 619. The van der Waals surface area contributed by atoms with Gasteiger partial charge in [0.25, 0.3) is 5.91 Å². The summed E-state index contributed by atoms with van der Waals surface area (Å²) < 4.78 is 0. The summed E-state index contributed by atoms with van der Waals surface area (Å²) >= 11 is 1.64. The van der Waals surface area contributed by atoms with Crippen LogP contribution >= 0.6 is 11.3 Å². The van der Waals surface area contributed by atoms with Crippen molar-refractivity contribution in [3.63, 3.8) is 0 Å². The summed E-state index contributed by atoms with van der Waals surface area (Å²) in [5, 5.41) is 7.02. The van der Waals surface area contributed by atoms with Crippen LogP contribution in [0.1, 0.15) is 15.3 Å². The van der Waals surface area contributed by atoms with Crippen molar-refractivity contribution in [2.24, 2.45) is 5.10 Å². The van der Waals surface area contributed by atoms with Crippen LogP contribution in [-0.4, -0.2) is 18.7 Å². The van der Waals surface area contributed by atoms with E-state index < -0.39 is 0 Å². The lowest BCUT2D eigenvalue weighted by molar-refractivity contribution is -0.119. The Kier molecular flexibility index (Phi) is 4.90. The highest BCUT2D eigenvalue weighted by Crippen LogP contribution is 2.13. The number of para-hydroxylation sites is 1. The molecule has 1 aromatic carbocycles. The van der Waals surface area contributed by atoms with E-state index in [1.165, 1.54) is 4.88 Å². The smallest absolute Gasteiger partial charge is 0.259 e. The molecular formula is C15H17N3OS. The van der Waals surface area contributed by atoms with E-state index in [0.29, 0.717) is 0 Å². The van der Waals surface area contributed by atoms with Crippen LogP contribution in [0.4, 0.5) is 5.69 Å². The molecule has 20 heavy (non-hydrogen) atoms. The molecule has 0 bridgehead atoms. The zero-order valence-electron chi connectivity index (χ0n) is 11.5. The van der Waals surface area contributed by atoms with Crippen molar-refractivity contribution in [1.82, 2.24) is 5.43 Å². The third-order valence-corrected chi connectivity index (χ3v) is 3.66. The van der Waals surface area contributed by atoms with E-state index in [2.05, 4.69) is 15.8 Å². The van der Waals surface area contributed by atoms with Gasteiger partial charge in [0.15, 0.2) is 0 Å². The number of thiophene rings is 1. The van der Waals surface area contributed by atoms with Gasteiger partial charge in [0.2, 0.25) is 0 Å². The van der Waals surface area contributed by atoms with Crippen molar-refractivity contribution >= 4 is 29.1 Å². The van der Waals surface area contributed by atoms with E-state index in [1.807, 2.05) is 50.2 Å². The van der Waals surface area contributed by atoms with Gasteiger partial charge in [-0.2, -0.15) is 5.10 Å². The maximum atomic E-state index is 11.6. The molecule has 0 saturated heterocycles. The van der Waals surface area contributed by atoms with Gasteiger partial charge in [0.1, 0.15) is 0 Å². The largest absolute Gasteiger partial charge is 0.376 e. The Balaban J connectivity index is 1.78. The van der Waals surface area contributed by atoms with Crippen LogP contribution in [0.25, 0.3) is 0 Å². The Labute approximate surface area is 122 Å². The lowest BCUT2D eigenvalue weighted by Gasteiger charge is -2.07. The summed E-state index contributed by atoms with van der Waals surface area (Å²) in [6.07, 6.45) is 1.66. The fourth-order valence-corrected chi connectivity index (χ4v) is 2.43. The summed E-state index contributed by atoms with van der Waals surface area (Å²) in [7, 11) is 0. The van der Waals surface area contributed by atoms with Crippen molar-refractivity contribution in [3.8, 4) is 0 Å². The van der Waals surface area contributed by atoms with Gasteiger partial charge in [0, 0.05) is 15.4 Å². The molecule has 0 spiro atoms. The first-order valence-electron chi connectivity index (χ1n) is 6.33. The molecule has 1 heterocycles. The molecule has 1 aromatic heterocycles. The van der Waals surface area contributed by atoms with Gasteiger partial charge in [-0.3, -0.25) is 4.79 Å². The molecule has 0 radical (unpaired) electrons. The van der Waals surface area contributed by atoms with Gasteiger partial charge in [-0.25, -0.2) is 5.43 Å². The molecule has 0 atom stereocenters. The molecule has 4 nitrogen and oxygen atoms in total. The molecule has 104 valence electrons. The number of carbonyl (C=O) groups is 1. The normalized spacial score (nSPS) is 10.7. The summed E-state index contributed by atoms with van der Waals surface area (Å²) in [6, 6.07) is 11.8. The van der Waals surface area contributed by atoms with Gasteiger partial charge >= 0.3 is 0 Å². The number of hydrogen-bond donors (Lipinski definition) is 2. The SMILES string of the molecule is Cc1ccc(/C=N/NC(=O)CNc2ccccc2C)s1. The maximum Gasteiger partial charge on any atom is 0.259 e. The van der Waals surface area contributed by atoms with Gasteiger partial charge < -0.3 is 5.32 Å². The van der Waals surface area contributed by atoms with Crippen LogP contribution in [0.15, 0.2) is 41.5 Å². The Hall–Kier alpha value is -2.14. The monoisotopic (exact) mass is 287 g/mol. The van der Waals surface area contributed by atoms with Crippen LogP contribution in [0.2, 0.25) is 0 Å². The minimum Gasteiger partial charge on any atom is -0.376 e. The first-order chi connectivity index (χ1) is 9.65. The van der Waals surface area contributed by atoms with Crippen LogP contribution < -0.4 is 10.7 Å². The number of hydrogen-bond acceptors (Lipinski definition) is 4. The average molecular weight is 287 g/mol. The standard InChI is InChI=1S/C15H17N3OS/c1-11-5-3-4-6-14(11)16-10-15(19)18-17-9-13-8-7-12(2)20-13/h3-9,16H,10H2,1-2H3,(H,18,19)/b17-9+. The second-order valence-corrected chi connectivity index (χ2v) is 5.73. The number of hydrazone groups is 1. The number of rotatable bonds is 5. The number of nitrogens with zero attached hydrogens (tertiary/aromatic N) is 1. The Morgan fingerprint density at radius 2 is 2.05 bits per heavy atom. The van der Waals surface area contributed by atoms with Crippen molar-refractivity contribution < 1.29 is 4.79 Å². The number of amides is 1. The topological polar surface area (TPSA) is 53.5 Å². The predicted molar refractivity (Wildman–Crippen MR) is 84.5 cm³/mol. The highest BCUT2D eigenvalue weighted by atomic mass is 32.1. The summed E-state index contributed by atoms with van der Waals surface area (Å²) in [5.41, 5.74) is 4.57. The molecule has 2 rings (SSSR count). The lowest BCUT2D eigenvalue weighted by atomic mass is 10.2. The van der Waals surface area contributed by atoms with E-state index in [0.717, 1.165) is 16.1 Å². The van der Waals surface area contributed by atoms with Crippen LogP contribution in [0.5, 0.6) is 0 Å². The molecule has 0 unspecified atom stereocenters. The molecule has 0 fully saturated rings. The Morgan fingerprint density at radius 1 is 1.25 bits per heavy atom. The molecule has 0 aliphatic carbocycles. The minimum atomic E-state index is -0.169. The Morgan fingerprint density at radius 3 is 2.75 bits per heavy atom. The highest BCUT2D eigenvalue weighted by molar-refractivity contribution is 7.13. The molecule has 0 aliphatic rings. The summed E-state index contributed by atoms with van der Waals surface area (Å²) in [4.78, 5) is 13.9. The van der Waals surface area contributed by atoms with E-state index in [4.69, 9.17) is 0 Å². The third kappa shape index (κ3) is 4.20. The molecule has 0 saturated carbocycles. The molecular weight excluding hydrogens is 270 g/mol. The second-order valence-electron chi connectivity index (χ2n) is 4.41. The van der Waals surface area contributed by atoms with Gasteiger partial charge in [-0.05, 0) is 37.6 Å². The fourth-order valence-electron chi connectivity index (χ4n) is 1.68. The first kappa shape index (κ1) is 14.3. The van der Waals surface area contributed by atoms with Crippen molar-refractivity contribution in [2.75, 3.05) is 11.9 Å². The zero-order chi connectivity index (χ0) is 14.4. The van der Waals surface area contributed by atoms with E-state index in [9.17, 15) is 4.79 Å². The first-order valence-corrected chi connectivity index (χ1v) is 7.14. The quantitative estimate of drug-likeness (QED) is 0.656. The van der Waals surface area contributed by atoms with Crippen molar-refractivity contribution in [1.29, 1.82) is 0 Å². The van der Waals surface area contributed by atoms with E-state index in [-0.39, 0.29) is 12.5 Å². The van der Waals surface area contributed by atoms with E-state index in [1.54, 1.807) is 17.6 Å². The molecule has 0 aliphatic heterocycles. The zero-order valence-corrected chi connectivity index (χ0v) is 12.3. The molecule has 2 N–H and O–H groups in total. The highest BCUT2D eigenvalue weighted by Gasteiger charge is 2.01. The molecule has 5 heteroatoms. The lowest BCUT2D eigenvalue weighted by Crippen LogP contribution is -2.26. The number of carbonyl (C=O) groups excluding carboxylic acids is 1. The van der Waals surface area contributed by atoms with Crippen LogP contribution in [0, 0.1) is 13.8 Å². The number of anilines is 1. The number of nitrogens with one attached hydrogen (secondary N) is 2. The third-order valence-electron chi connectivity index (χ3n) is 2.73. The fraction of sp³-hybridized carbons (Fsp3) is 0.200. The van der Waals surface area contributed by atoms with Crippen molar-refractivity contribution in [3.05, 3.63) is 51.7 Å². The summed E-state index contributed by atoms with van der Waals surface area (Å²) in [6.45, 7) is 4.23. The van der Waals surface area contributed by atoms with Crippen LogP contribution in [0.3, 0.4) is 0 Å². The summed E-state index contributed by atoms with van der Waals surface area (Å²) in [5.74, 6) is -0.169. The maximum absolute atomic E-state index is 11.6. The van der Waals surface area contributed by atoms with Gasteiger partial charge in [-0.1, -0.05) is 18.2 Å². The minimum absolute atomic E-state index is 0.169. The average Bonchev–Trinajstić information content (AvgIpc) is 2.83.